The molecule has 1 saturated carbocycles. The van der Waals surface area contributed by atoms with Crippen LogP contribution in [0, 0.1) is 10.1 Å². The third-order valence-electron chi connectivity index (χ3n) is 14.3. The minimum absolute atomic E-state index is 0.0428. The van der Waals surface area contributed by atoms with Crippen LogP contribution in [0.15, 0.2) is 150 Å². The first-order valence-corrected chi connectivity index (χ1v) is 28.9. The average molecular weight is 1050 g/mol. The standard InChI is InChI=1S/C61H81N3O10S/c1-4-5-6-7-8-9-10-11-12-13-14-27-39-54-57(74-61(2,3)73-54)52(63-75(67,68)56-40-29-28-38-53(56)64(65)66)42-62-51-41-55(69-43-47-30-19-15-20-31-47)59(71-45-49-34-23-17-24-35-49)60(72-46-50-36-25-18-26-37-50)58(51)70-44-48-32-21-16-22-33-48/h15-26,28-38,40,51-52,54-55,57-60,62-63H,4-14,27,39,41-46H2,1-3H3/t51-,52-,54+,55-,57-,58-,59+,60+/m0/s1. The quantitative estimate of drug-likeness (QED) is 0.0234. The van der Waals surface area contributed by atoms with Gasteiger partial charge in [-0.2, -0.15) is 0 Å². The van der Waals surface area contributed by atoms with Crippen LogP contribution in [-0.2, 0) is 64.9 Å². The lowest BCUT2D eigenvalue weighted by atomic mass is 9.84. The van der Waals surface area contributed by atoms with Crippen LogP contribution in [-0.4, -0.2) is 74.4 Å². The highest BCUT2D eigenvalue weighted by Gasteiger charge is 2.50. The topological polar surface area (TPSA) is 157 Å². The van der Waals surface area contributed by atoms with Gasteiger partial charge in [-0.1, -0.05) is 217 Å². The summed E-state index contributed by atoms with van der Waals surface area (Å²) in [5, 5.41) is 16.1. The van der Waals surface area contributed by atoms with Crippen LogP contribution in [0.4, 0.5) is 5.69 Å². The molecule has 2 aliphatic rings. The van der Waals surface area contributed by atoms with Crippen LogP contribution in [0.1, 0.15) is 133 Å². The van der Waals surface area contributed by atoms with Crippen molar-refractivity contribution in [2.45, 2.75) is 196 Å². The zero-order valence-corrected chi connectivity index (χ0v) is 45.2. The van der Waals surface area contributed by atoms with Crippen molar-refractivity contribution in [1.29, 1.82) is 0 Å². The van der Waals surface area contributed by atoms with Crippen LogP contribution in [0.3, 0.4) is 0 Å². The van der Waals surface area contributed by atoms with Crippen molar-refractivity contribution in [3.8, 4) is 0 Å². The molecule has 5 aromatic carbocycles. The van der Waals surface area contributed by atoms with Crippen molar-refractivity contribution >= 4 is 15.7 Å². The predicted octanol–water partition coefficient (Wildman–Crippen LogP) is 12.6. The van der Waals surface area contributed by atoms with Crippen molar-refractivity contribution in [3.63, 3.8) is 0 Å². The van der Waals surface area contributed by atoms with E-state index < -0.39 is 80.0 Å². The van der Waals surface area contributed by atoms with Gasteiger partial charge < -0.3 is 33.7 Å². The number of nitrogens with one attached hydrogen (secondary N) is 2. The van der Waals surface area contributed by atoms with Crippen molar-refractivity contribution < 1.29 is 41.8 Å². The highest BCUT2D eigenvalue weighted by Crippen LogP contribution is 2.36. The van der Waals surface area contributed by atoms with Gasteiger partial charge in [0, 0.05) is 18.7 Å². The molecule has 0 radical (unpaired) electrons. The third kappa shape index (κ3) is 18.4. The number of nitro benzene ring substituents is 1. The van der Waals surface area contributed by atoms with E-state index in [9.17, 15) is 18.5 Å². The number of hydrogen-bond acceptors (Lipinski definition) is 11. The van der Waals surface area contributed by atoms with E-state index >= 15 is 0 Å². The molecule has 0 spiro atoms. The summed E-state index contributed by atoms with van der Waals surface area (Å²) >= 11 is 0. The SMILES string of the molecule is CCCCCCCCCCCCCC[C@H]1OC(C)(C)O[C@H]1[C@H](CN[C@H]1C[C@H](OCc2ccccc2)[C@@H](OCc2ccccc2)[C@H](OCc2ccccc2)[C@H]1OCc1ccccc1)NS(=O)(=O)c1ccccc1[N+](=O)[O-]. The summed E-state index contributed by atoms with van der Waals surface area (Å²) in [6, 6.07) is 43.9. The fourth-order valence-corrected chi connectivity index (χ4v) is 11.8. The Balaban J connectivity index is 1.18. The summed E-state index contributed by atoms with van der Waals surface area (Å²) in [5.74, 6) is -1.03. The van der Waals surface area contributed by atoms with Gasteiger partial charge >= 0.3 is 0 Å². The lowest BCUT2D eigenvalue weighted by Crippen LogP contribution is -2.64. The van der Waals surface area contributed by atoms with E-state index in [0.29, 0.717) is 26.1 Å². The molecule has 2 fully saturated rings. The molecule has 2 N–H and O–H groups in total. The van der Waals surface area contributed by atoms with Gasteiger partial charge in [-0.05, 0) is 55.0 Å². The number of sulfonamides is 1. The largest absolute Gasteiger partial charge is 0.371 e. The second kappa shape index (κ2) is 30.2. The molecule has 1 aliphatic carbocycles. The van der Waals surface area contributed by atoms with Crippen molar-refractivity contribution in [2.75, 3.05) is 6.54 Å². The van der Waals surface area contributed by atoms with Crippen molar-refractivity contribution in [3.05, 3.63) is 178 Å². The molecule has 75 heavy (non-hydrogen) atoms. The van der Waals surface area contributed by atoms with E-state index in [1.807, 2.05) is 135 Å². The van der Waals surface area contributed by atoms with E-state index in [2.05, 4.69) is 17.0 Å². The van der Waals surface area contributed by atoms with Gasteiger partial charge in [0.15, 0.2) is 10.7 Å². The van der Waals surface area contributed by atoms with E-state index in [0.717, 1.165) is 41.5 Å². The van der Waals surface area contributed by atoms with E-state index in [-0.39, 0.29) is 19.8 Å². The summed E-state index contributed by atoms with van der Waals surface area (Å²) in [7, 11) is -4.50. The van der Waals surface area contributed by atoms with Crippen LogP contribution in [0.5, 0.6) is 0 Å². The molecule has 1 aliphatic heterocycles. The Labute approximate surface area is 446 Å². The Morgan fingerprint density at radius 2 is 1.03 bits per heavy atom. The van der Waals surface area contributed by atoms with Crippen LogP contribution < -0.4 is 10.0 Å². The highest BCUT2D eigenvalue weighted by atomic mass is 32.2. The summed E-state index contributed by atoms with van der Waals surface area (Å²) in [4.78, 5) is 11.2. The second-order valence-corrected chi connectivity index (χ2v) is 22.3. The fraction of sp³-hybridized carbons (Fsp3) is 0.508. The molecule has 13 nitrogen and oxygen atoms in total. The molecule has 0 bridgehead atoms. The molecule has 406 valence electrons. The number of hydrogen-bond donors (Lipinski definition) is 2. The summed E-state index contributed by atoms with van der Waals surface area (Å²) in [5.41, 5.74) is 3.42. The number of para-hydroxylation sites is 1. The maximum atomic E-state index is 14.6. The highest BCUT2D eigenvalue weighted by molar-refractivity contribution is 7.89. The Bertz CT molecular complexity index is 2510. The van der Waals surface area contributed by atoms with Crippen LogP contribution in [0.2, 0.25) is 0 Å². The Kier molecular flexibility index (Phi) is 23.3. The Hall–Kier alpha value is -4.87. The van der Waals surface area contributed by atoms with Crippen LogP contribution in [0.25, 0.3) is 0 Å². The first-order valence-electron chi connectivity index (χ1n) is 27.5. The number of nitro groups is 1. The minimum Gasteiger partial charge on any atom is -0.371 e. The fourth-order valence-electron chi connectivity index (χ4n) is 10.4. The normalized spacial score (nSPS) is 22.0. The number of nitrogens with zero attached hydrogens (tertiary/aromatic N) is 1. The number of rotatable bonds is 33. The van der Waals surface area contributed by atoms with E-state index in [1.54, 1.807) is 0 Å². The second-order valence-electron chi connectivity index (χ2n) is 20.6. The van der Waals surface area contributed by atoms with Gasteiger partial charge in [-0.25, -0.2) is 13.1 Å². The zero-order valence-electron chi connectivity index (χ0n) is 44.3. The Morgan fingerprint density at radius 3 is 1.53 bits per heavy atom. The minimum atomic E-state index is -4.50. The first-order chi connectivity index (χ1) is 36.5. The predicted molar refractivity (Wildman–Crippen MR) is 293 cm³/mol. The van der Waals surface area contributed by atoms with Gasteiger partial charge in [-0.3, -0.25) is 10.1 Å². The molecular formula is C61H81N3O10S. The smallest absolute Gasteiger partial charge is 0.289 e. The Morgan fingerprint density at radius 1 is 0.587 bits per heavy atom. The summed E-state index contributed by atoms with van der Waals surface area (Å²) in [6.45, 7) is 7.12. The number of unbranched alkanes of at least 4 members (excludes halogenated alkanes) is 11. The summed E-state index contributed by atoms with van der Waals surface area (Å²) in [6.07, 6.45) is 11.8. The number of benzene rings is 5. The molecule has 0 unspecified atom stereocenters. The van der Waals surface area contributed by atoms with E-state index in [1.165, 1.54) is 82.1 Å². The van der Waals surface area contributed by atoms with Gasteiger partial charge in [0.1, 0.15) is 24.4 Å². The molecule has 0 amide bonds. The molecule has 1 saturated heterocycles. The third-order valence-corrected chi connectivity index (χ3v) is 15.8. The van der Waals surface area contributed by atoms with Gasteiger partial charge in [0.05, 0.1) is 49.6 Å². The first kappa shape index (κ1) is 57.8. The van der Waals surface area contributed by atoms with E-state index in [4.69, 9.17) is 28.4 Å². The van der Waals surface area contributed by atoms with Gasteiger partial charge in [0.25, 0.3) is 5.69 Å². The van der Waals surface area contributed by atoms with Crippen molar-refractivity contribution in [1.82, 2.24) is 10.0 Å². The lowest BCUT2D eigenvalue weighted by Gasteiger charge is -2.47. The maximum absolute atomic E-state index is 14.6. The molecular weight excluding hydrogens is 967 g/mol. The molecule has 7 rings (SSSR count). The lowest BCUT2D eigenvalue weighted by molar-refractivity contribution is -0.387. The van der Waals surface area contributed by atoms with Crippen molar-refractivity contribution in [2.24, 2.45) is 0 Å². The van der Waals surface area contributed by atoms with Gasteiger partial charge in [-0.15, -0.1) is 0 Å². The summed E-state index contributed by atoms with van der Waals surface area (Å²) < 4.78 is 73.3. The molecule has 5 aromatic rings. The molecule has 0 aromatic heterocycles. The maximum Gasteiger partial charge on any atom is 0.289 e. The van der Waals surface area contributed by atoms with Crippen LogP contribution >= 0.6 is 0 Å². The average Bonchev–Trinajstić information content (AvgIpc) is 3.74. The molecule has 1 heterocycles. The number of ether oxygens (including phenoxy) is 6. The zero-order chi connectivity index (χ0) is 52.7. The van der Waals surface area contributed by atoms with Gasteiger partial charge in [0.2, 0.25) is 10.0 Å². The molecule has 8 atom stereocenters. The molecule has 14 heteroatoms. The monoisotopic (exact) mass is 1050 g/mol.